The van der Waals surface area contributed by atoms with Gasteiger partial charge in [0, 0.05) is 29.4 Å². The van der Waals surface area contributed by atoms with Gasteiger partial charge in [-0.1, -0.05) is 12.1 Å². The number of nitrogens with one attached hydrogen (secondary N) is 1. The summed E-state index contributed by atoms with van der Waals surface area (Å²) in [5.41, 5.74) is -0.222. The van der Waals surface area contributed by atoms with Crippen LogP contribution < -0.4 is 5.32 Å². The maximum Gasteiger partial charge on any atom is 0.407 e. The first-order valence-electron chi connectivity index (χ1n) is 7.78. The number of aliphatic hydroxyl groups excluding tert-OH is 1. The van der Waals surface area contributed by atoms with Crippen LogP contribution in [-0.4, -0.2) is 33.1 Å². The normalized spacial score (nSPS) is 11.4. The highest BCUT2D eigenvalue weighted by molar-refractivity contribution is 5.67. The minimum atomic E-state index is -1.07. The number of carbonyl (C=O) groups excluding carboxylic acids is 1. The van der Waals surface area contributed by atoms with Crippen molar-refractivity contribution in [3.63, 3.8) is 0 Å². The fourth-order valence-corrected chi connectivity index (χ4v) is 2.15. The van der Waals surface area contributed by atoms with Crippen molar-refractivity contribution in [3.05, 3.63) is 41.7 Å². The molecule has 1 aromatic carbocycles. The molecule has 0 aliphatic heterocycles. The fraction of sp³-hybridized carbons (Fsp3) is 0.412. The number of nitrogens with zero attached hydrogens (tertiary/aromatic N) is 2. The van der Waals surface area contributed by atoms with E-state index in [4.69, 9.17) is 9.84 Å². The highest BCUT2D eigenvalue weighted by Gasteiger charge is 2.17. The highest BCUT2D eigenvalue weighted by atomic mass is 19.2. The van der Waals surface area contributed by atoms with E-state index in [0.29, 0.717) is 12.1 Å². The molecule has 0 spiro atoms. The molecule has 2 rings (SSSR count). The summed E-state index contributed by atoms with van der Waals surface area (Å²) in [4.78, 5) is 11.5. The maximum atomic E-state index is 14.1. The zero-order valence-corrected chi connectivity index (χ0v) is 14.3. The molecule has 6 nitrogen and oxygen atoms in total. The Balaban J connectivity index is 1.99. The first kappa shape index (κ1) is 18.9. The largest absolute Gasteiger partial charge is 0.444 e. The van der Waals surface area contributed by atoms with Gasteiger partial charge in [-0.2, -0.15) is 5.10 Å². The number of carbonyl (C=O) groups is 1. The zero-order valence-electron chi connectivity index (χ0n) is 14.3. The molecule has 25 heavy (non-hydrogen) atoms. The molecule has 1 heterocycles. The number of alkyl carbamates (subject to hydrolysis) is 1. The first-order chi connectivity index (χ1) is 11.7. The number of rotatable bonds is 5. The quantitative estimate of drug-likeness (QED) is 0.867. The molecular formula is C17H21F2N3O3. The van der Waals surface area contributed by atoms with E-state index in [0.717, 1.165) is 0 Å². The van der Waals surface area contributed by atoms with Crippen molar-refractivity contribution in [2.75, 3.05) is 6.54 Å². The van der Waals surface area contributed by atoms with Crippen LogP contribution in [0.1, 0.15) is 26.3 Å². The van der Waals surface area contributed by atoms with Crippen molar-refractivity contribution in [3.8, 4) is 11.1 Å². The standard InChI is InChI=1S/C17H21F2N3O3/c1-17(2,3)25-16(24)20-6-7-22-9-12(8-21-22)13-5-4-11(10-23)14(18)15(13)19/h4-5,8-9,23H,6-7,10H2,1-3H3,(H,20,24). The molecule has 0 bridgehead atoms. The summed E-state index contributed by atoms with van der Waals surface area (Å²) in [5, 5.41) is 15.6. The van der Waals surface area contributed by atoms with E-state index in [1.165, 1.54) is 23.0 Å². The molecular weight excluding hydrogens is 332 g/mol. The lowest BCUT2D eigenvalue weighted by molar-refractivity contribution is 0.0525. The van der Waals surface area contributed by atoms with E-state index >= 15 is 0 Å². The Morgan fingerprint density at radius 1 is 1.32 bits per heavy atom. The first-order valence-corrected chi connectivity index (χ1v) is 7.78. The molecule has 0 atom stereocenters. The lowest BCUT2D eigenvalue weighted by atomic mass is 10.1. The third-order valence-corrected chi connectivity index (χ3v) is 3.29. The number of aromatic nitrogens is 2. The van der Waals surface area contributed by atoms with Crippen molar-refractivity contribution in [1.82, 2.24) is 15.1 Å². The summed E-state index contributed by atoms with van der Waals surface area (Å²) < 4.78 is 34.4. The van der Waals surface area contributed by atoms with Crippen LogP contribution in [0.4, 0.5) is 13.6 Å². The second-order valence-electron chi connectivity index (χ2n) is 6.48. The number of hydrogen-bond donors (Lipinski definition) is 2. The van der Waals surface area contributed by atoms with E-state index in [9.17, 15) is 13.6 Å². The summed E-state index contributed by atoms with van der Waals surface area (Å²) in [6, 6.07) is 2.72. The van der Waals surface area contributed by atoms with E-state index in [-0.39, 0.29) is 17.7 Å². The van der Waals surface area contributed by atoms with Crippen molar-refractivity contribution in [2.45, 2.75) is 39.5 Å². The lowest BCUT2D eigenvalue weighted by Crippen LogP contribution is -2.34. The van der Waals surface area contributed by atoms with E-state index in [1.807, 2.05) is 0 Å². The zero-order chi connectivity index (χ0) is 18.6. The molecule has 2 N–H and O–H groups in total. The van der Waals surface area contributed by atoms with Crippen molar-refractivity contribution < 1.29 is 23.4 Å². The van der Waals surface area contributed by atoms with Gasteiger partial charge in [-0.3, -0.25) is 4.68 Å². The van der Waals surface area contributed by atoms with Crippen LogP contribution in [0.2, 0.25) is 0 Å². The molecule has 0 radical (unpaired) electrons. The summed E-state index contributed by atoms with van der Waals surface area (Å²) in [7, 11) is 0. The van der Waals surface area contributed by atoms with Gasteiger partial charge in [0.05, 0.1) is 19.3 Å². The predicted octanol–water partition coefficient (Wildman–Crippen LogP) is 2.85. The molecule has 0 saturated carbocycles. The molecule has 1 amide bonds. The van der Waals surface area contributed by atoms with E-state index < -0.39 is 29.9 Å². The van der Waals surface area contributed by atoms with Gasteiger partial charge in [-0.15, -0.1) is 0 Å². The molecule has 0 unspecified atom stereocenters. The Morgan fingerprint density at radius 3 is 2.68 bits per heavy atom. The van der Waals surface area contributed by atoms with Crippen molar-refractivity contribution in [1.29, 1.82) is 0 Å². The summed E-state index contributed by atoms with van der Waals surface area (Å²) >= 11 is 0. The molecule has 8 heteroatoms. The maximum absolute atomic E-state index is 14.1. The van der Waals surface area contributed by atoms with Crippen molar-refractivity contribution >= 4 is 6.09 Å². The third kappa shape index (κ3) is 4.99. The number of benzene rings is 1. The van der Waals surface area contributed by atoms with Gasteiger partial charge in [0.15, 0.2) is 11.6 Å². The Labute approximate surface area is 144 Å². The van der Waals surface area contributed by atoms with Crippen LogP contribution in [0.25, 0.3) is 11.1 Å². The van der Waals surface area contributed by atoms with Crippen LogP contribution in [0, 0.1) is 11.6 Å². The number of aliphatic hydroxyl groups is 1. The van der Waals surface area contributed by atoms with Crippen LogP contribution in [-0.2, 0) is 17.9 Å². The second-order valence-corrected chi connectivity index (χ2v) is 6.48. The number of hydrogen-bond acceptors (Lipinski definition) is 4. The van der Waals surface area contributed by atoms with Crippen molar-refractivity contribution in [2.24, 2.45) is 0 Å². The number of ether oxygens (including phenoxy) is 1. The van der Waals surface area contributed by atoms with Crippen LogP contribution in [0.5, 0.6) is 0 Å². The van der Waals surface area contributed by atoms with E-state index in [1.54, 1.807) is 27.0 Å². The molecule has 136 valence electrons. The molecule has 0 aliphatic rings. The Bertz CT molecular complexity index is 754. The highest BCUT2D eigenvalue weighted by Crippen LogP contribution is 2.26. The van der Waals surface area contributed by atoms with Gasteiger partial charge < -0.3 is 15.2 Å². The van der Waals surface area contributed by atoms with Gasteiger partial charge >= 0.3 is 6.09 Å². The number of halogens is 2. The fourth-order valence-electron chi connectivity index (χ4n) is 2.15. The van der Waals surface area contributed by atoms with Crippen LogP contribution >= 0.6 is 0 Å². The topological polar surface area (TPSA) is 76.4 Å². The minimum absolute atomic E-state index is 0.0565. The average Bonchev–Trinajstić information content (AvgIpc) is 2.96. The van der Waals surface area contributed by atoms with Gasteiger partial charge in [-0.05, 0) is 20.8 Å². The molecule has 0 aliphatic carbocycles. The monoisotopic (exact) mass is 353 g/mol. The van der Waals surface area contributed by atoms with Crippen LogP contribution in [0.3, 0.4) is 0 Å². The van der Waals surface area contributed by atoms with Gasteiger partial charge in [0.1, 0.15) is 5.60 Å². The average molecular weight is 353 g/mol. The Kier molecular flexibility index (Phi) is 5.73. The van der Waals surface area contributed by atoms with Crippen LogP contribution in [0.15, 0.2) is 24.5 Å². The molecule has 0 saturated heterocycles. The van der Waals surface area contributed by atoms with E-state index in [2.05, 4.69) is 10.4 Å². The molecule has 2 aromatic rings. The predicted molar refractivity (Wildman–Crippen MR) is 87.7 cm³/mol. The summed E-state index contributed by atoms with van der Waals surface area (Å²) in [6.07, 6.45) is 2.42. The minimum Gasteiger partial charge on any atom is -0.444 e. The summed E-state index contributed by atoms with van der Waals surface area (Å²) in [6.45, 7) is 5.35. The molecule has 0 fully saturated rings. The van der Waals surface area contributed by atoms with Gasteiger partial charge in [0.2, 0.25) is 0 Å². The number of amides is 1. The second kappa shape index (κ2) is 7.60. The smallest absolute Gasteiger partial charge is 0.407 e. The third-order valence-electron chi connectivity index (χ3n) is 3.29. The summed E-state index contributed by atoms with van der Waals surface area (Å²) in [5.74, 6) is -2.10. The Hall–Kier alpha value is -2.48. The Morgan fingerprint density at radius 2 is 2.04 bits per heavy atom. The van der Waals surface area contributed by atoms with Gasteiger partial charge in [-0.25, -0.2) is 13.6 Å². The SMILES string of the molecule is CC(C)(C)OC(=O)NCCn1cc(-c2ccc(CO)c(F)c2F)cn1. The van der Waals surface area contributed by atoms with Gasteiger partial charge in [0.25, 0.3) is 0 Å². The lowest BCUT2D eigenvalue weighted by Gasteiger charge is -2.19. The molecule has 1 aromatic heterocycles.